The molecule has 0 saturated heterocycles. The number of carbonyl (C=O) groups is 1. The average molecular weight is 205 g/mol. The summed E-state index contributed by atoms with van der Waals surface area (Å²) in [4.78, 5) is 13.4. The maximum atomic E-state index is 13.1. The Balaban J connectivity index is 3.07. The van der Waals surface area contributed by atoms with Crippen molar-refractivity contribution in [3.05, 3.63) is 29.3 Å². The zero-order valence-corrected chi connectivity index (χ0v) is 6.88. The number of rotatable bonds is 3. The van der Waals surface area contributed by atoms with Gasteiger partial charge in [-0.1, -0.05) is 0 Å². The Morgan fingerprint density at radius 1 is 1.57 bits per heavy atom. The summed E-state index contributed by atoms with van der Waals surface area (Å²) in [5, 5.41) is 8.35. The van der Waals surface area contributed by atoms with Crippen LogP contribution in [0.2, 0.25) is 0 Å². The monoisotopic (exact) mass is 205 g/mol. The van der Waals surface area contributed by atoms with E-state index in [2.05, 4.69) is 4.98 Å². The standard InChI is InChI=1S/C8H6F3NO2/c9-6-4(3-5(13)14)1-2-12-7(6)8(10)11/h1-2,8H,3H2,(H,13,14). The zero-order chi connectivity index (χ0) is 10.7. The number of carboxylic acids is 1. The number of alkyl halides is 2. The van der Waals surface area contributed by atoms with E-state index >= 15 is 0 Å². The third-order valence-corrected chi connectivity index (χ3v) is 1.54. The quantitative estimate of drug-likeness (QED) is 0.818. The van der Waals surface area contributed by atoms with E-state index in [1.54, 1.807) is 0 Å². The maximum Gasteiger partial charge on any atom is 0.307 e. The molecule has 0 unspecified atom stereocenters. The minimum Gasteiger partial charge on any atom is -0.481 e. The number of aliphatic carboxylic acids is 1. The van der Waals surface area contributed by atoms with E-state index in [1.807, 2.05) is 0 Å². The lowest BCUT2D eigenvalue weighted by atomic mass is 10.1. The van der Waals surface area contributed by atoms with Crippen LogP contribution in [0.4, 0.5) is 13.2 Å². The minimum absolute atomic E-state index is 0.289. The molecule has 0 aromatic carbocycles. The van der Waals surface area contributed by atoms with Gasteiger partial charge in [-0.3, -0.25) is 9.78 Å². The molecule has 14 heavy (non-hydrogen) atoms. The van der Waals surface area contributed by atoms with Crippen LogP contribution in [0.1, 0.15) is 17.7 Å². The first kappa shape index (κ1) is 10.5. The molecule has 0 amide bonds. The largest absolute Gasteiger partial charge is 0.481 e. The van der Waals surface area contributed by atoms with Gasteiger partial charge in [-0.15, -0.1) is 0 Å². The third kappa shape index (κ3) is 2.21. The molecule has 0 spiro atoms. The summed E-state index contributed by atoms with van der Waals surface area (Å²) in [6.07, 6.45) is -2.71. The van der Waals surface area contributed by atoms with E-state index < -0.39 is 30.3 Å². The smallest absolute Gasteiger partial charge is 0.307 e. The number of aromatic nitrogens is 1. The molecule has 3 nitrogen and oxygen atoms in total. The number of halogens is 3. The van der Waals surface area contributed by atoms with Crippen molar-refractivity contribution in [3.63, 3.8) is 0 Å². The van der Waals surface area contributed by atoms with Crippen LogP contribution >= 0.6 is 0 Å². The summed E-state index contributed by atoms with van der Waals surface area (Å²) in [7, 11) is 0. The molecule has 1 rings (SSSR count). The van der Waals surface area contributed by atoms with E-state index in [1.165, 1.54) is 0 Å². The van der Waals surface area contributed by atoms with Gasteiger partial charge < -0.3 is 5.11 Å². The van der Waals surface area contributed by atoms with Crippen molar-refractivity contribution in [3.8, 4) is 0 Å². The molecule has 1 aromatic heterocycles. The fraction of sp³-hybridized carbons (Fsp3) is 0.250. The Kier molecular flexibility index (Phi) is 3.06. The second-order valence-corrected chi connectivity index (χ2v) is 2.54. The van der Waals surface area contributed by atoms with Crippen LogP contribution in [0.3, 0.4) is 0 Å². The van der Waals surface area contributed by atoms with Gasteiger partial charge >= 0.3 is 5.97 Å². The Bertz CT molecular complexity index is 354. The van der Waals surface area contributed by atoms with Crippen LogP contribution in [0.15, 0.2) is 12.3 Å². The summed E-state index contributed by atoms with van der Waals surface area (Å²) >= 11 is 0. The summed E-state index contributed by atoms with van der Waals surface area (Å²) in [6.45, 7) is 0. The van der Waals surface area contributed by atoms with Crippen molar-refractivity contribution in [1.82, 2.24) is 4.98 Å². The van der Waals surface area contributed by atoms with E-state index in [9.17, 15) is 18.0 Å². The molecule has 0 bridgehead atoms. The first-order valence-corrected chi connectivity index (χ1v) is 3.65. The highest BCUT2D eigenvalue weighted by Gasteiger charge is 2.18. The van der Waals surface area contributed by atoms with Gasteiger partial charge in [0.05, 0.1) is 6.42 Å². The lowest BCUT2D eigenvalue weighted by Crippen LogP contribution is -2.06. The van der Waals surface area contributed by atoms with Gasteiger partial charge in [-0.25, -0.2) is 13.2 Å². The predicted octanol–water partition coefficient (Wildman–Crippen LogP) is 1.79. The average Bonchev–Trinajstić information content (AvgIpc) is 2.07. The van der Waals surface area contributed by atoms with Crippen molar-refractivity contribution in [1.29, 1.82) is 0 Å². The molecular formula is C8H6F3NO2. The number of hydrogen-bond donors (Lipinski definition) is 1. The van der Waals surface area contributed by atoms with Gasteiger partial charge in [0.2, 0.25) is 0 Å². The van der Waals surface area contributed by atoms with Crippen LogP contribution in [-0.4, -0.2) is 16.1 Å². The maximum absolute atomic E-state index is 13.1. The number of hydrogen-bond acceptors (Lipinski definition) is 2. The molecule has 0 saturated carbocycles. The number of carboxylic acid groups (broad SMARTS) is 1. The van der Waals surface area contributed by atoms with Gasteiger partial charge in [-0.05, 0) is 6.07 Å². The second-order valence-electron chi connectivity index (χ2n) is 2.54. The van der Waals surface area contributed by atoms with Gasteiger partial charge in [0, 0.05) is 11.8 Å². The van der Waals surface area contributed by atoms with Crippen LogP contribution in [-0.2, 0) is 11.2 Å². The zero-order valence-electron chi connectivity index (χ0n) is 6.88. The predicted molar refractivity (Wildman–Crippen MR) is 40.5 cm³/mol. The summed E-state index contributed by atoms with van der Waals surface area (Å²) in [5.74, 6) is -2.53. The van der Waals surface area contributed by atoms with E-state index in [4.69, 9.17) is 5.11 Å². The molecule has 0 aliphatic heterocycles. The Hall–Kier alpha value is -1.59. The highest BCUT2D eigenvalue weighted by molar-refractivity contribution is 5.70. The lowest BCUT2D eigenvalue weighted by molar-refractivity contribution is -0.136. The van der Waals surface area contributed by atoms with E-state index in [0.29, 0.717) is 0 Å². The molecule has 76 valence electrons. The van der Waals surface area contributed by atoms with E-state index in [-0.39, 0.29) is 5.56 Å². The van der Waals surface area contributed by atoms with Gasteiger partial charge in [-0.2, -0.15) is 0 Å². The van der Waals surface area contributed by atoms with Crippen molar-refractivity contribution in [2.75, 3.05) is 0 Å². The molecule has 6 heteroatoms. The molecule has 0 atom stereocenters. The fourth-order valence-corrected chi connectivity index (χ4v) is 0.953. The highest BCUT2D eigenvalue weighted by atomic mass is 19.3. The van der Waals surface area contributed by atoms with Crippen LogP contribution in [0, 0.1) is 5.82 Å². The molecular weight excluding hydrogens is 199 g/mol. The molecule has 0 aliphatic rings. The molecule has 1 N–H and O–H groups in total. The normalized spacial score (nSPS) is 10.6. The Labute approximate surface area is 77.2 Å². The van der Waals surface area contributed by atoms with Gasteiger partial charge in [0.25, 0.3) is 6.43 Å². The molecule has 1 heterocycles. The summed E-state index contributed by atoms with van der Waals surface area (Å²) in [5.41, 5.74) is -1.30. The first-order valence-electron chi connectivity index (χ1n) is 3.65. The number of nitrogens with zero attached hydrogens (tertiary/aromatic N) is 1. The number of pyridine rings is 1. The Morgan fingerprint density at radius 2 is 2.21 bits per heavy atom. The van der Waals surface area contributed by atoms with Crippen LogP contribution in [0.25, 0.3) is 0 Å². The van der Waals surface area contributed by atoms with Crippen molar-refractivity contribution in [2.45, 2.75) is 12.8 Å². The second kappa shape index (κ2) is 4.08. The van der Waals surface area contributed by atoms with Gasteiger partial charge in [0.1, 0.15) is 5.69 Å². The lowest BCUT2D eigenvalue weighted by Gasteiger charge is -2.04. The third-order valence-electron chi connectivity index (χ3n) is 1.54. The Morgan fingerprint density at radius 3 is 2.71 bits per heavy atom. The topological polar surface area (TPSA) is 50.2 Å². The minimum atomic E-state index is -3.04. The van der Waals surface area contributed by atoms with Gasteiger partial charge in [0.15, 0.2) is 5.82 Å². The molecule has 0 aliphatic carbocycles. The van der Waals surface area contributed by atoms with Crippen molar-refractivity contribution < 1.29 is 23.1 Å². The summed E-state index contributed by atoms with van der Waals surface area (Å²) < 4.78 is 37.3. The molecule has 0 radical (unpaired) electrons. The molecule has 0 fully saturated rings. The highest BCUT2D eigenvalue weighted by Crippen LogP contribution is 2.21. The van der Waals surface area contributed by atoms with E-state index in [0.717, 1.165) is 12.3 Å². The van der Waals surface area contributed by atoms with Crippen LogP contribution in [0.5, 0.6) is 0 Å². The van der Waals surface area contributed by atoms with Crippen molar-refractivity contribution >= 4 is 5.97 Å². The van der Waals surface area contributed by atoms with Crippen LogP contribution < -0.4 is 0 Å². The van der Waals surface area contributed by atoms with Crippen molar-refractivity contribution in [2.24, 2.45) is 0 Å². The fourth-order valence-electron chi connectivity index (χ4n) is 0.953. The first-order chi connectivity index (χ1) is 6.52. The molecule has 1 aromatic rings. The summed E-state index contributed by atoms with van der Waals surface area (Å²) in [6, 6.07) is 1.06. The SMILES string of the molecule is O=C(O)Cc1ccnc(C(F)F)c1F.